The number of methoxy groups -OCH3 is 2. The molecular weight excluding hydrogens is 864 g/mol. The van der Waals surface area contributed by atoms with E-state index in [4.69, 9.17) is 53.9 Å². The highest BCUT2D eigenvalue weighted by atomic mass is 35.5. The summed E-state index contributed by atoms with van der Waals surface area (Å²) >= 11 is 7.08. The van der Waals surface area contributed by atoms with Crippen LogP contribution in [0.25, 0.3) is 0 Å². The van der Waals surface area contributed by atoms with Crippen molar-refractivity contribution >= 4 is 49.5 Å². The van der Waals surface area contributed by atoms with Gasteiger partial charge in [0.05, 0.1) is 41.4 Å². The van der Waals surface area contributed by atoms with Gasteiger partial charge in [-0.25, -0.2) is 9.59 Å². The van der Waals surface area contributed by atoms with Crippen molar-refractivity contribution in [2.24, 2.45) is 0 Å². The molecule has 0 saturated heterocycles. The van der Waals surface area contributed by atoms with Crippen molar-refractivity contribution in [1.29, 1.82) is 0 Å². The molecule has 0 radical (unpaired) electrons. The molecule has 2 amide bonds. The van der Waals surface area contributed by atoms with Crippen LogP contribution >= 0.6 is 11.6 Å². The van der Waals surface area contributed by atoms with E-state index in [1.54, 1.807) is 26.8 Å². The number of anilines is 1. The predicted molar refractivity (Wildman–Crippen MR) is 239 cm³/mol. The van der Waals surface area contributed by atoms with Gasteiger partial charge in [0.25, 0.3) is 5.91 Å². The Morgan fingerprint density at radius 2 is 1.83 bits per heavy atom. The summed E-state index contributed by atoms with van der Waals surface area (Å²) in [4.78, 5) is 54.1. The highest BCUT2D eigenvalue weighted by Crippen LogP contribution is 2.45. The monoisotopic (exact) mass is 914 g/mol. The van der Waals surface area contributed by atoms with Crippen LogP contribution in [0.4, 0.5) is 10.5 Å². The number of hydrogen-bond acceptors (Lipinski definition) is 13. The fourth-order valence-electron chi connectivity index (χ4n) is 7.28. The average molecular weight is 915 g/mol. The number of ether oxygens (including phenoxy) is 8. The lowest BCUT2D eigenvalue weighted by atomic mass is 9.90. The number of carbonyl (C=O) groups is 4. The zero-order valence-electron chi connectivity index (χ0n) is 37.0. The first-order valence-corrected chi connectivity index (χ1v) is 23.6. The second-order valence-corrected chi connectivity index (χ2v) is 21.2. The number of esters is 2. The molecule has 2 N–H and O–H groups in total. The molecule has 2 aromatic carbocycles. The molecule has 4 atom stereocenters. The van der Waals surface area contributed by atoms with Crippen LogP contribution in [0.5, 0.6) is 23.0 Å². The van der Waals surface area contributed by atoms with E-state index in [0.29, 0.717) is 11.1 Å². The number of halogens is 1. The molecule has 7 rings (SSSR count). The Labute approximate surface area is 378 Å². The van der Waals surface area contributed by atoms with E-state index in [1.165, 1.54) is 38.5 Å². The molecular formula is C47H51ClN2O13Si. The van der Waals surface area contributed by atoms with Crippen LogP contribution in [-0.2, 0) is 33.0 Å². The zero-order valence-corrected chi connectivity index (χ0v) is 38.7. The fourth-order valence-corrected chi connectivity index (χ4v) is 10.5. The minimum Gasteiger partial charge on any atom is -0.497 e. The van der Waals surface area contributed by atoms with Crippen molar-refractivity contribution in [2.75, 3.05) is 32.9 Å². The summed E-state index contributed by atoms with van der Waals surface area (Å²) in [5.41, 5.74) is -1.39. The van der Waals surface area contributed by atoms with Gasteiger partial charge in [-0.05, 0) is 74.8 Å². The summed E-state index contributed by atoms with van der Waals surface area (Å²) in [5, 5.41) is 5.44. The Morgan fingerprint density at radius 1 is 1.08 bits per heavy atom. The third kappa shape index (κ3) is 10.4. The van der Waals surface area contributed by atoms with Gasteiger partial charge in [0.2, 0.25) is 0 Å². The Hall–Kier alpha value is -6.17. The molecule has 0 fully saturated rings. The number of allylic oxidation sites excluding steroid dienone is 3. The van der Waals surface area contributed by atoms with Gasteiger partial charge in [-0.3, -0.25) is 9.59 Å². The molecule has 3 aliphatic heterocycles. The lowest BCUT2D eigenvalue weighted by Gasteiger charge is -2.42. The molecule has 0 spiro atoms. The molecule has 3 heterocycles. The summed E-state index contributed by atoms with van der Waals surface area (Å²) in [6.07, 6.45) is 3.19. The van der Waals surface area contributed by atoms with Gasteiger partial charge in [0.1, 0.15) is 18.0 Å². The maximum absolute atomic E-state index is 14.3. The Balaban J connectivity index is 1.53. The molecule has 0 saturated carbocycles. The van der Waals surface area contributed by atoms with Crippen molar-refractivity contribution in [2.45, 2.75) is 95.5 Å². The van der Waals surface area contributed by atoms with Crippen LogP contribution in [0, 0.1) is 23.7 Å². The minimum atomic E-state index is -2.50. The molecule has 338 valence electrons. The third-order valence-electron chi connectivity index (χ3n) is 10.8. The van der Waals surface area contributed by atoms with Gasteiger partial charge in [-0.15, -0.1) is 0 Å². The molecule has 1 unspecified atom stereocenters. The molecule has 17 heteroatoms. The van der Waals surface area contributed by atoms with E-state index in [1.807, 2.05) is 18.2 Å². The van der Waals surface area contributed by atoms with E-state index in [2.05, 4.69) is 61.7 Å². The number of fused-ring (bicyclic) bond motifs is 9. The first-order chi connectivity index (χ1) is 30.5. The standard InChI is InChI=1S/C47H51ClN2O13Si/c1-10-64(11-2,12-3)63-47-20-14-16-31(47)19-18-29-15-13-17-39(47)61-42-34(48)21-30(22-37(42)58-27-55-8)35(49-45(54)62-46(5,6)7)25-40(51)57-26-38(29)60-44(53)33-23-32(56-9)24-36-41(33)50-43(52)28(4)59-36/h14-16,20-24,35,38-39H,4,10-12,25-27H2,1-3,5-9H3,(H,49,54)(H,50,52)/b29-15+/t35-,38?,39+,47-/m1/s1. The van der Waals surface area contributed by atoms with Crippen LogP contribution in [-0.4, -0.2) is 83.3 Å². The van der Waals surface area contributed by atoms with E-state index in [-0.39, 0.29) is 57.4 Å². The van der Waals surface area contributed by atoms with Gasteiger partial charge in [0, 0.05) is 24.8 Å². The topological polar surface area (TPSA) is 175 Å². The Kier molecular flexibility index (Phi) is 14.6. The molecule has 2 aromatic rings. The van der Waals surface area contributed by atoms with Gasteiger partial charge in [-0.1, -0.05) is 68.7 Å². The van der Waals surface area contributed by atoms with Crippen LogP contribution in [0.1, 0.15) is 69.9 Å². The highest BCUT2D eigenvalue weighted by Gasteiger charge is 2.50. The molecule has 4 bridgehead atoms. The minimum absolute atomic E-state index is 0.0107. The summed E-state index contributed by atoms with van der Waals surface area (Å²) in [6.45, 7) is 14.2. The van der Waals surface area contributed by atoms with Crippen molar-refractivity contribution in [3.63, 3.8) is 0 Å². The SMILES string of the molecule is C=C1Oc2cc(OC)cc(C(=O)OC3COC(=O)C[C@@H](NC(=O)OC(C)(C)C)c4cc(Cl)c(c(OCOC)c4)O[C@H]4C#C/C=C/3C#CC3=CC=C[C@@]34O[Si](CC)(CC)CC)c2NC1=O. The molecule has 15 nitrogen and oxygen atoms in total. The number of benzene rings is 2. The highest BCUT2D eigenvalue weighted by molar-refractivity contribution is 6.73. The lowest BCUT2D eigenvalue weighted by Crippen LogP contribution is -2.54. The number of nitrogens with one attached hydrogen (secondary N) is 2. The quantitative estimate of drug-likeness (QED) is 0.0526. The van der Waals surface area contributed by atoms with Crippen molar-refractivity contribution < 1.29 is 61.5 Å². The van der Waals surface area contributed by atoms with Crippen LogP contribution in [0.3, 0.4) is 0 Å². The molecule has 64 heavy (non-hydrogen) atoms. The van der Waals surface area contributed by atoms with Crippen LogP contribution < -0.4 is 29.6 Å². The predicted octanol–water partition coefficient (Wildman–Crippen LogP) is 7.87. The van der Waals surface area contributed by atoms with Crippen molar-refractivity contribution in [3.8, 4) is 46.7 Å². The smallest absolute Gasteiger partial charge is 0.408 e. The number of hydrogen-bond donors (Lipinski definition) is 2. The number of carbonyl (C=O) groups excluding carboxylic acids is 4. The van der Waals surface area contributed by atoms with Crippen LogP contribution in [0.15, 0.2) is 72.1 Å². The molecule has 2 aliphatic carbocycles. The van der Waals surface area contributed by atoms with E-state index < -0.39 is 74.7 Å². The fraction of sp³-hybridized carbons (Fsp3) is 0.404. The number of rotatable bonds is 12. The van der Waals surface area contributed by atoms with Crippen LogP contribution in [0.2, 0.25) is 23.2 Å². The van der Waals surface area contributed by atoms with Gasteiger partial charge in [0.15, 0.2) is 55.9 Å². The number of alkyl carbamates (subject to hydrolysis) is 1. The first-order valence-electron chi connectivity index (χ1n) is 20.7. The summed E-state index contributed by atoms with van der Waals surface area (Å²) < 4.78 is 54.0. The molecule has 5 aliphatic rings. The summed E-state index contributed by atoms with van der Waals surface area (Å²) in [5.74, 6) is 10.6. The number of amides is 2. The maximum atomic E-state index is 14.3. The summed E-state index contributed by atoms with van der Waals surface area (Å²) in [7, 11) is 0.344. The second-order valence-electron chi connectivity index (χ2n) is 16.1. The maximum Gasteiger partial charge on any atom is 0.408 e. The Morgan fingerprint density at radius 3 is 2.52 bits per heavy atom. The third-order valence-corrected chi connectivity index (χ3v) is 15.7. The van der Waals surface area contributed by atoms with Gasteiger partial charge < -0.3 is 53.0 Å². The lowest BCUT2D eigenvalue weighted by molar-refractivity contribution is -0.146. The van der Waals surface area contributed by atoms with Gasteiger partial charge in [-0.2, -0.15) is 0 Å². The Bertz CT molecular complexity index is 2440. The van der Waals surface area contributed by atoms with Gasteiger partial charge >= 0.3 is 18.0 Å². The van der Waals surface area contributed by atoms with Crippen molar-refractivity contribution in [3.05, 3.63) is 88.2 Å². The largest absolute Gasteiger partial charge is 0.497 e. The average Bonchev–Trinajstić information content (AvgIpc) is 3.67. The van der Waals surface area contributed by atoms with E-state index >= 15 is 0 Å². The van der Waals surface area contributed by atoms with Crippen molar-refractivity contribution in [1.82, 2.24) is 5.32 Å². The summed E-state index contributed by atoms with van der Waals surface area (Å²) in [6, 6.07) is 7.19. The normalized spacial score (nSPS) is 22.1. The zero-order chi connectivity index (χ0) is 46.4. The van der Waals surface area contributed by atoms with E-state index in [9.17, 15) is 19.2 Å². The first kappa shape index (κ1) is 47.3. The second kappa shape index (κ2) is 19.7. The van der Waals surface area contributed by atoms with E-state index in [0.717, 1.165) is 18.1 Å². The molecule has 0 aromatic heterocycles.